The fraction of sp³-hybridized carbons (Fsp3) is 0.867. The van der Waals surface area contributed by atoms with Crippen LogP contribution in [0.3, 0.4) is 0 Å². The highest BCUT2D eigenvalue weighted by Gasteiger charge is 2.65. The van der Waals surface area contributed by atoms with Crippen LogP contribution in [0.15, 0.2) is 0 Å². The molecule has 2 N–H and O–H groups in total. The molecule has 108 valence electrons. The van der Waals surface area contributed by atoms with E-state index in [9.17, 15) is 9.59 Å². The molecule has 4 nitrogen and oxygen atoms in total. The highest BCUT2D eigenvalue weighted by molar-refractivity contribution is 5.80. The second-order valence-electron chi connectivity index (χ2n) is 7.27. The zero-order chi connectivity index (χ0) is 14.4. The molecule has 0 unspecified atom stereocenters. The van der Waals surface area contributed by atoms with Crippen LogP contribution in [-0.2, 0) is 9.59 Å². The maximum absolute atomic E-state index is 12.2. The molecule has 0 aromatic carbocycles. The molecule has 0 aliphatic heterocycles. The largest absolute Gasteiger partial charge is 0.481 e. The van der Waals surface area contributed by atoms with Gasteiger partial charge in [0.05, 0.1) is 5.92 Å². The summed E-state index contributed by atoms with van der Waals surface area (Å²) in [6, 6.07) is 0.240. The molecule has 2 fully saturated rings. The van der Waals surface area contributed by atoms with E-state index in [4.69, 9.17) is 5.11 Å². The van der Waals surface area contributed by atoms with Crippen LogP contribution in [-0.4, -0.2) is 23.0 Å². The number of aliphatic carboxylic acids is 1. The van der Waals surface area contributed by atoms with E-state index in [0.717, 1.165) is 0 Å². The van der Waals surface area contributed by atoms with Crippen molar-refractivity contribution in [2.45, 2.75) is 59.4 Å². The number of carbonyl (C=O) groups excluding carboxylic acids is 1. The molecule has 4 heteroatoms. The second-order valence-corrected chi connectivity index (χ2v) is 7.27. The first-order chi connectivity index (χ1) is 8.68. The van der Waals surface area contributed by atoms with Gasteiger partial charge >= 0.3 is 5.97 Å². The predicted octanol–water partition coefficient (Wildman–Crippen LogP) is 2.43. The minimum absolute atomic E-state index is 0.00259. The Hall–Kier alpha value is -1.06. The lowest BCUT2D eigenvalue weighted by Gasteiger charge is -2.25. The van der Waals surface area contributed by atoms with Crippen LogP contribution >= 0.6 is 0 Å². The molecular formula is C15H25NO3. The van der Waals surface area contributed by atoms with Crippen LogP contribution < -0.4 is 5.32 Å². The molecular weight excluding hydrogens is 242 g/mol. The summed E-state index contributed by atoms with van der Waals surface area (Å²) in [6.45, 7) is 8.72. The van der Waals surface area contributed by atoms with E-state index in [1.807, 2.05) is 0 Å². The Morgan fingerprint density at radius 2 is 1.37 bits per heavy atom. The average molecular weight is 267 g/mol. The van der Waals surface area contributed by atoms with Gasteiger partial charge in [0.2, 0.25) is 5.91 Å². The Balaban J connectivity index is 1.85. The quantitative estimate of drug-likeness (QED) is 0.825. The average Bonchev–Trinajstić information content (AvgIpc) is 2.71. The van der Waals surface area contributed by atoms with E-state index in [0.29, 0.717) is 25.7 Å². The van der Waals surface area contributed by atoms with E-state index in [1.165, 1.54) is 0 Å². The fourth-order valence-corrected chi connectivity index (χ4v) is 3.42. The van der Waals surface area contributed by atoms with Crippen molar-refractivity contribution in [1.82, 2.24) is 5.32 Å². The van der Waals surface area contributed by atoms with E-state index in [1.54, 1.807) is 0 Å². The van der Waals surface area contributed by atoms with Crippen LogP contribution in [0.1, 0.15) is 53.4 Å². The molecule has 2 rings (SSSR count). The van der Waals surface area contributed by atoms with Gasteiger partial charge in [0, 0.05) is 12.0 Å². The number of carboxylic acid groups (broad SMARTS) is 1. The normalized spacial score (nSPS) is 32.6. The summed E-state index contributed by atoms with van der Waals surface area (Å²) in [4.78, 5) is 23.1. The summed E-state index contributed by atoms with van der Waals surface area (Å²) >= 11 is 0. The second kappa shape index (κ2) is 4.50. The Morgan fingerprint density at radius 1 is 0.947 bits per heavy atom. The lowest BCUT2D eigenvalue weighted by atomic mass is 9.81. The van der Waals surface area contributed by atoms with Crippen LogP contribution in [0.5, 0.6) is 0 Å². The number of carboxylic acids is 1. The first-order valence-corrected chi connectivity index (χ1v) is 7.21. The molecule has 0 atom stereocenters. The summed E-state index contributed by atoms with van der Waals surface area (Å²) in [5.41, 5.74) is 0.307. The third-order valence-electron chi connectivity index (χ3n) is 5.75. The van der Waals surface area contributed by atoms with Crippen molar-refractivity contribution in [3.63, 3.8) is 0 Å². The van der Waals surface area contributed by atoms with Crippen molar-refractivity contribution in [3.8, 4) is 0 Å². The number of rotatable bonds is 3. The van der Waals surface area contributed by atoms with Gasteiger partial charge in [0.1, 0.15) is 0 Å². The van der Waals surface area contributed by atoms with E-state index < -0.39 is 5.97 Å². The molecule has 0 heterocycles. The first-order valence-electron chi connectivity index (χ1n) is 7.21. The molecule has 0 aromatic rings. The van der Waals surface area contributed by atoms with Crippen molar-refractivity contribution < 1.29 is 14.7 Å². The zero-order valence-corrected chi connectivity index (χ0v) is 12.3. The van der Waals surface area contributed by atoms with Gasteiger partial charge < -0.3 is 10.4 Å². The van der Waals surface area contributed by atoms with Gasteiger partial charge in [-0.3, -0.25) is 9.59 Å². The molecule has 0 spiro atoms. The zero-order valence-electron chi connectivity index (χ0n) is 12.3. The Labute approximate surface area is 115 Å². The monoisotopic (exact) mass is 267 g/mol. The number of hydrogen-bond acceptors (Lipinski definition) is 2. The Morgan fingerprint density at radius 3 is 1.74 bits per heavy atom. The smallest absolute Gasteiger partial charge is 0.306 e. The van der Waals surface area contributed by atoms with Crippen molar-refractivity contribution in [2.24, 2.45) is 22.7 Å². The molecule has 2 aliphatic rings. The summed E-state index contributed by atoms with van der Waals surface area (Å²) in [6.07, 6.45) is 2.67. The van der Waals surface area contributed by atoms with E-state index >= 15 is 0 Å². The van der Waals surface area contributed by atoms with Crippen LogP contribution in [0, 0.1) is 22.7 Å². The summed E-state index contributed by atoms with van der Waals surface area (Å²) in [5, 5.41) is 12.1. The summed E-state index contributed by atoms with van der Waals surface area (Å²) in [7, 11) is 0. The third kappa shape index (κ3) is 2.37. The topological polar surface area (TPSA) is 66.4 Å². The Kier molecular flexibility index (Phi) is 3.40. The van der Waals surface area contributed by atoms with Crippen LogP contribution in [0.25, 0.3) is 0 Å². The third-order valence-corrected chi connectivity index (χ3v) is 5.75. The predicted molar refractivity (Wildman–Crippen MR) is 72.6 cm³/mol. The highest BCUT2D eigenvalue weighted by Crippen LogP contribution is 2.62. The SMILES string of the molecule is CC1(C)C(NC(=O)C2CCC(C(=O)O)CC2)C1(C)C. The molecule has 0 radical (unpaired) electrons. The van der Waals surface area contributed by atoms with Gasteiger partial charge in [-0.25, -0.2) is 0 Å². The molecule has 1 amide bonds. The van der Waals surface area contributed by atoms with Gasteiger partial charge in [-0.1, -0.05) is 27.7 Å². The molecule has 0 saturated heterocycles. The minimum atomic E-state index is -0.719. The first kappa shape index (κ1) is 14.4. The molecule has 0 bridgehead atoms. The van der Waals surface area contributed by atoms with Crippen molar-refractivity contribution in [1.29, 1.82) is 0 Å². The lowest BCUT2D eigenvalue weighted by molar-refractivity contribution is -0.144. The number of nitrogens with one attached hydrogen (secondary N) is 1. The van der Waals surface area contributed by atoms with Gasteiger partial charge in [0.25, 0.3) is 0 Å². The maximum atomic E-state index is 12.2. The molecule has 0 aromatic heterocycles. The van der Waals surface area contributed by atoms with E-state index in [-0.39, 0.29) is 34.6 Å². The van der Waals surface area contributed by atoms with Gasteiger partial charge in [-0.05, 0) is 36.5 Å². The summed E-state index contributed by atoms with van der Waals surface area (Å²) in [5.74, 6) is -0.850. The maximum Gasteiger partial charge on any atom is 0.306 e. The standard InChI is InChI=1S/C15H25NO3/c1-14(2)13(15(14,3)4)16-11(17)9-5-7-10(8-6-9)12(18)19/h9-10,13H,5-8H2,1-4H3,(H,16,17)(H,18,19). The Bertz CT molecular complexity index is 378. The lowest BCUT2D eigenvalue weighted by Crippen LogP contribution is -2.37. The number of carbonyl (C=O) groups is 2. The van der Waals surface area contributed by atoms with Gasteiger partial charge in [-0.2, -0.15) is 0 Å². The van der Waals surface area contributed by atoms with Crippen LogP contribution in [0.2, 0.25) is 0 Å². The highest BCUT2D eigenvalue weighted by atomic mass is 16.4. The van der Waals surface area contributed by atoms with Gasteiger partial charge in [0.15, 0.2) is 0 Å². The fourth-order valence-electron chi connectivity index (χ4n) is 3.42. The summed E-state index contributed by atoms with van der Waals surface area (Å²) < 4.78 is 0. The molecule has 2 saturated carbocycles. The van der Waals surface area contributed by atoms with Crippen molar-refractivity contribution in [3.05, 3.63) is 0 Å². The van der Waals surface area contributed by atoms with Crippen molar-refractivity contribution in [2.75, 3.05) is 0 Å². The van der Waals surface area contributed by atoms with Gasteiger partial charge in [-0.15, -0.1) is 0 Å². The van der Waals surface area contributed by atoms with E-state index in [2.05, 4.69) is 33.0 Å². The molecule has 19 heavy (non-hydrogen) atoms. The minimum Gasteiger partial charge on any atom is -0.481 e. The van der Waals surface area contributed by atoms with Crippen molar-refractivity contribution >= 4 is 11.9 Å². The van der Waals surface area contributed by atoms with Crippen LogP contribution in [0.4, 0.5) is 0 Å². The number of hydrogen-bond donors (Lipinski definition) is 2. The molecule has 2 aliphatic carbocycles. The number of amides is 1.